The molecule has 29 heavy (non-hydrogen) atoms. The van der Waals surface area contributed by atoms with Gasteiger partial charge >= 0.3 is 11.9 Å². The minimum atomic E-state index is -0.597. The second-order valence-electron chi connectivity index (χ2n) is 9.36. The smallest absolute Gasteiger partial charge is 0.308 e. The molecular weight excluding hydrogens is 368 g/mol. The van der Waals surface area contributed by atoms with Crippen LogP contribution in [-0.4, -0.2) is 35.4 Å². The van der Waals surface area contributed by atoms with Crippen molar-refractivity contribution in [3.63, 3.8) is 0 Å². The highest BCUT2D eigenvalue weighted by Gasteiger charge is 2.42. The molecule has 1 fully saturated rings. The molecule has 0 unspecified atom stereocenters. The standard InChI is InChI=1S/C24H36O5/c1-5-15(3)24(27)29-21-11-14(2)10-17-7-6-16(4)20(23(17)21)9-8-19-12-18(25)13-22(26)28-19/h6-7,10,14-16,18-21,23,25H,5,8-9,11-13H2,1-4H3/t14-,15-,16-,18-,19-,20+,21-,23-/m0/s1. The molecule has 2 aliphatic carbocycles. The van der Waals surface area contributed by atoms with E-state index in [1.165, 1.54) is 5.57 Å². The van der Waals surface area contributed by atoms with Gasteiger partial charge in [-0.3, -0.25) is 9.59 Å². The normalized spacial score (nSPS) is 37.9. The summed E-state index contributed by atoms with van der Waals surface area (Å²) >= 11 is 0. The maximum absolute atomic E-state index is 12.5. The topological polar surface area (TPSA) is 72.8 Å². The molecule has 0 aromatic heterocycles. The number of allylic oxidation sites excluding steroid dienone is 3. The van der Waals surface area contributed by atoms with Gasteiger partial charge in [-0.15, -0.1) is 0 Å². The minimum Gasteiger partial charge on any atom is -0.462 e. The molecule has 5 heteroatoms. The third kappa shape index (κ3) is 5.30. The van der Waals surface area contributed by atoms with Crippen molar-refractivity contribution < 1.29 is 24.2 Å². The Bertz CT molecular complexity index is 666. The van der Waals surface area contributed by atoms with E-state index in [0.717, 1.165) is 25.7 Å². The molecule has 3 rings (SSSR count). The fourth-order valence-corrected chi connectivity index (χ4v) is 5.07. The van der Waals surface area contributed by atoms with Crippen LogP contribution < -0.4 is 0 Å². The maximum Gasteiger partial charge on any atom is 0.308 e. The summed E-state index contributed by atoms with van der Waals surface area (Å²) in [5.74, 6) is 0.755. The van der Waals surface area contributed by atoms with Gasteiger partial charge in [0.25, 0.3) is 0 Å². The van der Waals surface area contributed by atoms with Gasteiger partial charge in [0.1, 0.15) is 12.2 Å². The first-order chi connectivity index (χ1) is 13.8. The van der Waals surface area contributed by atoms with Crippen LogP contribution in [0.5, 0.6) is 0 Å². The third-order valence-electron chi connectivity index (χ3n) is 6.93. The third-order valence-corrected chi connectivity index (χ3v) is 6.93. The molecule has 1 aliphatic heterocycles. The van der Waals surface area contributed by atoms with Gasteiger partial charge in [0, 0.05) is 12.3 Å². The lowest BCUT2D eigenvalue weighted by molar-refractivity contribution is -0.162. The lowest BCUT2D eigenvalue weighted by Gasteiger charge is -2.43. The predicted molar refractivity (Wildman–Crippen MR) is 111 cm³/mol. The van der Waals surface area contributed by atoms with Crippen molar-refractivity contribution >= 4 is 11.9 Å². The van der Waals surface area contributed by atoms with Gasteiger partial charge in [-0.2, -0.15) is 0 Å². The van der Waals surface area contributed by atoms with Crippen molar-refractivity contribution in [3.05, 3.63) is 23.8 Å². The second-order valence-corrected chi connectivity index (χ2v) is 9.36. The molecule has 8 atom stereocenters. The average molecular weight is 405 g/mol. The molecule has 0 radical (unpaired) electrons. The van der Waals surface area contributed by atoms with Crippen molar-refractivity contribution in [3.8, 4) is 0 Å². The van der Waals surface area contributed by atoms with Crippen molar-refractivity contribution in [1.29, 1.82) is 0 Å². The molecule has 1 saturated heterocycles. The van der Waals surface area contributed by atoms with E-state index in [4.69, 9.17) is 9.47 Å². The van der Waals surface area contributed by atoms with Crippen LogP contribution in [-0.2, 0) is 19.1 Å². The van der Waals surface area contributed by atoms with E-state index < -0.39 is 6.10 Å². The van der Waals surface area contributed by atoms with Crippen molar-refractivity contribution in [2.24, 2.45) is 29.6 Å². The molecule has 3 aliphatic rings. The SMILES string of the molecule is CC[C@H](C)C(=O)O[C@H]1C[C@@H](C)C=C2C=C[C@H](C)[C@@H](CC[C@H]3C[C@H](O)CC(=O)O3)[C@H]21. The number of carbonyl (C=O) groups is 2. The number of cyclic esters (lactones) is 1. The Hall–Kier alpha value is -1.62. The number of fused-ring (bicyclic) bond motifs is 1. The Morgan fingerprint density at radius 1 is 1.31 bits per heavy atom. The van der Waals surface area contributed by atoms with E-state index in [1.807, 2.05) is 13.8 Å². The van der Waals surface area contributed by atoms with Crippen LogP contribution in [0.4, 0.5) is 0 Å². The minimum absolute atomic E-state index is 0.0854. The van der Waals surface area contributed by atoms with Gasteiger partial charge < -0.3 is 14.6 Å². The van der Waals surface area contributed by atoms with Crippen molar-refractivity contribution in [2.45, 2.75) is 84.5 Å². The van der Waals surface area contributed by atoms with Crippen molar-refractivity contribution in [2.75, 3.05) is 0 Å². The summed E-state index contributed by atoms with van der Waals surface area (Å²) in [7, 11) is 0. The van der Waals surface area contributed by atoms with Gasteiger partial charge in [-0.25, -0.2) is 0 Å². The van der Waals surface area contributed by atoms with Gasteiger partial charge in [-0.1, -0.05) is 45.9 Å². The van der Waals surface area contributed by atoms with Crippen LogP contribution in [0.25, 0.3) is 0 Å². The zero-order chi connectivity index (χ0) is 21.1. The summed E-state index contributed by atoms with van der Waals surface area (Å²) in [6.45, 7) is 8.33. The zero-order valence-corrected chi connectivity index (χ0v) is 18.2. The first kappa shape index (κ1) is 22.1. The fourth-order valence-electron chi connectivity index (χ4n) is 5.07. The largest absolute Gasteiger partial charge is 0.462 e. The Morgan fingerprint density at radius 2 is 2.07 bits per heavy atom. The summed E-state index contributed by atoms with van der Waals surface area (Å²) in [5.41, 5.74) is 1.27. The molecular formula is C24H36O5. The predicted octanol–water partition coefficient (Wildman–Crippen LogP) is 4.20. The molecule has 1 heterocycles. The number of rotatable bonds is 6. The first-order valence-corrected chi connectivity index (χ1v) is 11.3. The Balaban J connectivity index is 1.74. The van der Waals surface area contributed by atoms with Gasteiger partial charge in [0.05, 0.1) is 18.4 Å². The highest BCUT2D eigenvalue weighted by Crippen LogP contribution is 2.45. The number of carbonyl (C=O) groups excluding carboxylic acids is 2. The number of hydrogen-bond donors (Lipinski definition) is 1. The molecule has 1 N–H and O–H groups in total. The monoisotopic (exact) mass is 404 g/mol. The van der Waals surface area contributed by atoms with E-state index in [-0.39, 0.29) is 42.4 Å². The van der Waals surface area contributed by atoms with Gasteiger partial charge in [0.15, 0.2) is 0 Å². The van der Waals surface area contributed by atoms with Gasteiger partial charge in [0.2, 0.25) is 0 Å². The lowest BCUT2D eigenvalue weighted by Crippen LogP contribution is -2.42. The number of esters is 2. The van der Waals surface area contributed by atoms with Crippen LogP contribution in [0.15, 0.2) is 23.8 Å². The molecule has 0 spiro atoms. The molecule has 0 amide bonds. The second kappa shape index (κ2) is 9.46. The molecule has 0 saturated carbocycles. The molecule has 0 bridgehead atoms. The van der Waals surface area contributed by atoms with Crippen LogP contribution in [0.2, 0.25) is 0 Å². The number of aliphatic hydroxyl groups is 1. The first-order valence-electron chi connectivity index (χ1n) is 11.3. The van der Waals surface area contributed by atoms with Crippen molar-refractivity contribution in [1.82, 2.24) is 0 Å². The number of ether oxygens (including phenoxy) is 2. The van der Waals surface area contributed by atoms with Crippen LogP contribution in [0, 0.1) is 29.6 Å². The molecule has 162 valence electrons. The Morgan fingerprint density at radius 3 is 2.76 bits per heavy atom. The summed E-state index contributed by atoms with van der Waals surface area (Å²) < 4.78 is 11.5. The van der Waals surface area contributed by atoms with Gasteiger partial charge in [-0.05, 0) is 49.0 Å². The number of hydrogen-bond acceptors (Lipinski definition) is 5. The molecule has 0 aromatic rings. The summed E-state index contributed by atoms with van der Waals surface area (Å²) in [6.07, 6.45) is 9.70. The lowest BCUT2D eigenvalue weighted by atomic mass is 9.65. The van der Waals surface area contributed by atoms with Crippen LogP contribution >= 0.6 is 0 Å². The highest BCUT2D eigenvalue weighted by atomic mass is 16.5. The average Bonchev–Trinajstić information content (AvgIpc) is 2.65. The quantitative estimate of drug-likeness (QED) is 0.672. The Labute approximate surface area is 174 Å². The van der Waals surface area contributed by atoms with E-state index in [9.17, 15) is 14.7 Å². The maximum atomic E-state index is 12.5. The number of aliphatic hydroxyl groups excluding tert-OH is 1. The molecule has 0 aromatic carbocycles. The Kier molecular flexibility index (Phi) is 7.20. The zero-order valence-electron chi connectivity index (χ0n) is 18.2. The van der Waals surface area contributed by atoms with E-state index in [2.05, 4.69) is 32.1 Å². The molecule has 5 nitrogen and oxygen atoms in total. The van der Waals surface area contributed by atoms with Crippen LogP contribution in [0.1, 0.15) is 66.2 Å². The van der Waals surface area contributed by atoms with E-state index in [0.29, 0.717) is 24.2 Å². The van der Waals surface area contributed by atoms with Crippen LogP contribution in [0.3, 0.4) is 0 Å². The summed E-state index contributed by atoms with van der Waals surface area (Å²) in [6, 6.07) is 0. The summed E-state index contributed by atoms with van der Waals surface area (Å²) in [4.78, 5) is 24.2. The van der Waals surface area contributed by atoms with E-state index in [1.54, 1.807) is 0 Å². The fraction of sp³-hybridized carbons (Fsp3) is 0.750. The highest BCUT2D eigenvalue weighted by molar-refractivity contribution is 5.72. The van der Waals surface area contributed by atoms with E-state index >= 15 is 0 Å². The summed E-state index contributed by atoms with van der Waals surface area (Å²) in [5, 5.41) is 9.89.